The van der Waals surface area contributed by atoms with E-state index in [4.69, 9.17) is 0 Å². The molecule has 0 aromatic carbocycles. The summed E-state index contributed by atoms with van der Waals surface area (Å²) >= 11 is 0. The van der Waals surface area contributed by atoms with Crippen molar-refractivity contribution in [3.05, 3.63) is 12.7 Å². The van der Waals surface area contributed by atoms with Gasteiger partial charge in [-0.2, -0.15) is 0 Å². The van der Waals surface area contributed by atoms with Gasteiger partial charge in [-0.3, -0.25) is 4.79 Å². The Kier molecular flexibility index (Phi) is 4.64. The lowest BCUT2D eigenvalue weighted by atomic mass is 9.93. The molecule has 2 nitrogen and oxygen atoms in total. The van der Waals surface area contributed by atoms with Crippen LogP contribution in [0.4, 0.5) is 0 Å². The summed E-state index contributed by atoms with van der Waals surface area (Å²) in [5.74, 6) is 0. The Morgan fingerprint density at radius 1 is 1.50 bits per heavy atom. The Bertz CT molecular complexity index is 156. The van der Waals surface area contributed by atoms with Crippen molar-refractivity contribution in [2.45, 2.75) is 39.2 Å². The van der Waals surface area contributed by atoms with E-state index in [1.165, 1.54) is 0 Å². The number of carbonyl (C=O) groups is 1. The first-order chi connectivity index (χ1) is 5.64. The highest BCUT2D eigenvalue weighted by Crippen LogP contribution is 2.21. The Morgan fingerprint density at radius 3 is 2.33 bits per heavy atom. The minimum Gasteiger partial charge on any atom is -0.340 e. The van der Waals surface area contributed by atoms with Gasteiger partial charge in [-0.25, -0.2) is 0 Å². The summed E-state index contributed by atoms with van der Waals surface area (Å²) < 4.78 is 0. The summed E-state index contributed by atoms with van der Waals surface area (Å²) in [7, 11) is 0. The van der Waals surface area contributed by atoms with Crippen molar-refractivity contribution >= 4 is 6.41 Å². The molecule has 0 saturated carbocycles. The van der Waals surface area contributed by atoms with Crippen LogP contribution in [0.25, 0.3) is 0 Å². The molecule has 2 heteroatoms. The van der Waals surface area contributed by atoms with Gasteiger partial charge in [0, 0.05) is 12.1 Å². The van der Waals surface area contributed by atoms with Crippen LogP contribution in [-0.2, 0) is 4.79 Å². The van der Waals surface area contributed by atoms with E-state index >= 15 is 0 Å². The van der Waals surface area contributed by atoms with Crippen LogP contribution >= 0.6 is 0 Å². The Balaban J connectivity index is 4.44. The van der Waals surface area contributed by atoms with Crippen LogP contribution in [0.3, 0.4) is 0 Å². The second-order valence-electron chi connectivity index (χ2n) is 3.23. The zero-order valence-electron chi connectivity index (χ0n) is 8.34. The maximum atomic E-state index is 10.7. The lowest BCUT2D eigenvalue weighted by Gasteiger charge is -2.37. The van der Waals surface area contributed by atoms with Gasteiger partial charge in [-0.15, -0.1) is 6.58 Å². The van der Waals surface area contributed by atoms with Gasteiger partial charge in [0.15, 0.2) is 0 Å². The third-order valence-corrected chi connectivity index (χ3v) is 2.51. The van der Waals surface area contributed by atoms with Gasteiger partial charge in [0.2, 0.25) is 6.41 Å². The van der Waals surface area contributed by atoms with Crippen molar-refractivity contribution in [1.29, 1.82) is 0 Å². The van der Waals surface area contributed by atoms with E-state index in [0.29, 0.717) is 0 Å². The molecule has 0 N–H and O–H groups in total. The summed E-state index contributed by atoms with van der Waals surface area (Å²) in [6.07, 6.45) is 4.62. The lowest BCUT2D eigenvalue weighted by Crippen LogP contribution is -2.44. The fraction of sp³-hybridized carbons (Fsp3) is 0.700. The first-order valence-electron chi connectivity index (χ1n) is 4.47. The molecular weight excluding hydrogens is 150 g/mol. The van der Waals surface area contributed by atoms with Crippen LogP contribution in [-0.4, -0.2) is 23.4 Å². The van der Waals surface area contributed by atoms with E-state index in [2.05, 4.69) is 20.4 Å². The lowest BCUT2D eigenvalue weighted by molar-refractivity contribution is -0.123. The van der Waals surface area contributed by atoms with Crippen molar-refractivity contribution in [3.8, 4) is 0 Å². The summed E-state index contributed by atoms with van der Waals surface area (Å²) in [5, 5.41) is 0. The molecule has 1 atom stereocenters. The Morgan fingerprint density at radius 2 is 2.08 bits per heavy atom. The minimum absolute atomic E-state index is 0.0434. The molecule has 0 radical (unpaired) electrons. The summed E-state index contributed by atoms with van der Waals surface area (Å²) in [5.41, 5.74) is -0.0434. The van der Waals surface area contributed by atoms with E-state index in [0.717, 1.165) is 25.8 Å². The van der Waals surface area contributed by atoms with E-state index in [9.17, 15) is 4.79 Å². The molecule has 70 valence electrons. The van der Waals surface area contributed by atoms with Crippen LogP contribution in [0.15, 0.2) is 12.7 Å². The average Bonchev–Trinajstić information content (AvgIpc) is 2.07. The van der Waals surface area contributed by atoms with Gasteiger partial charge in [-0.1, -0.05) is 13.0 Å². The summed E-state index contributed by atoms with van der Waals surface area (Å²) in [6.45, 7) is 10.6. The molecule has 0 aromatic rings. The number of hydrogen-bond acceptors (Lipinski definition) is 1. The highest BCUT2D eigenvalue weighted by molar-refractivity contribution is 5.48. The van der Waals surface area contributed by atoms with Gasteiger partial charge in [0.1, 0.15) is 0 Å². The average molecular weight is 169 g/mol. The van der Waals surface area contributed by atoms with Crippen LogP contribution in [0.2, 0.25) is 0 Å². The first kappa shape index (κ1) is 11.2. The third-order valence-electron chi connectivity index (χ3n) is 2.51. The quantitative estimate of drug-likeness (QED) is 0.441. The molecule has 0 rings (SSSR count). The number of carbonyl (C=O) groups excluding carboxylic acids is 1. The zero-order chi connectivity index (χ0) is 9.61. The SMILES string of the molecule is C=CCC(C)(CC)N(C=O)CC. The monoisotopic (exact) mass is 169 g/mol. The first-order valence-corrected chi connectivity index (χ1v) is 4.47. The molecule has 1 unspecified atom stereocenters. The minimum atomic E-state index is -0.0434. The van der Waals surface area contributed by atoms with Crippen LogP contribution < -0.4 is 0 Å². The number of hydrogen-bond donors (Lipinski definition) is 0. The van der Waals surface area contributed by atoms with Gasteiger partial charge >= 0.3 is 0 Å². The van der Waals surface area contributed by atoms with Crippen molar-refractivity contribution in [1.82, 2.24) is 4.90 Å². The maximum absolute atomic E-state index is 10.7. The van der Waals surface area contributed by atoms with Crippen molar-refractivity contribution in [3.63, 3.8) is 0 Å². The normalized spacial score (nSPS) is 14.9. The van der Waals surface area contributed by atoms with Gasteiger partial charge in [0.25, 0.3) is 0 Å². The topological polar surface area (TPSA) is 20.3 Å². The molecule has 12 heavy (non-hydrogen) atoms. The van der Waals surface area contributed by atoms with E-state index < -0.39 is 0 Å². The maximum Gasteiger partial charge on any atom is 0.210 e. The van der Waals surface area contributed by atoms with Crippen molar-refractivity contribution in [2.75, 3.05) is 6.54 Å². The number of amides is 1. The van der Waals surface area contributed by atoms with Crippen LogP contribution in [0.1, 0.15) is 33.6 Å². The molecule has 0 aromatic heterocycles. The van der Waals surface area contributed by atoms with Crippen LogP contribution in [0.5, 0.6) is 0 Å². The molecule has 0 aliphatic carbocycles. The van der Waals surface area contributed by atoms with Crippen molar-refractivity contribution < 1.29 is 4.79 Å². The molecule has 0 heterocycles. The second-order valence-corrected chi connectivity index (χ2v) is 3.23. The predicted octanol–water partition coefficient (Wildman–Crippen LogP) is 2.21. The van der Waals surface area contributed by atoms with E-state index in [1.807, 2.05) is 17.9 Å². The van der Waals surface area contributed by atoms with E-state index in [1.54, 1.807) is 0 Å². The molecule has 0 bridgehead atoms. The number of rotatable bonds is 6. The van der Waals surface area contributed by atoms with Gasteiger partial charge in [-0.05, 0) is 26.7 Å². The highest BCUT2D eigenvalue weighted by atomic mass is 16.1. The standard InChI is InChI=1S/C10H19NO/c1-5-8-10(4,6-2)11(7-3)9-12/h5,9H,1,6-8H2,2-4H3. The molecule has 0 spiro atoms. The summed E-state index contributed by atoms with van der Waals surface area (Å²) in [6, 6.07) is 0. The Hall–Kier alpha value is -0.790. The van der Waals surface area contributed by atoms with Crippen molar-refractivity contribution in [2.24, 2.45) is 0 Å². The fourth-order valence-corrected chi connectivity index (χ4v) is 1.36. The predicted molar refractivity (Wildman–Crippen MR) is 52.0 cm³/mol. The molecule has 0 fully saturated rings. The largest absolute Gasteiger partial charge is 0.340 e. The molecule has 0 saturated heterocycles. The smallest absolute Gasteiger partial charge is 0.210 e. The molecular formula is C10H19NO. The molecule has 0 aliphatic rings. The summed E-state index contributed by atoms with van der Waals surface area (Å²) in [4.78, 5) is 12.5. The van der Waals surface area contributed by atoms with Crippen LogP contribution in [0, 0.1) is 0 Å². The van der Waals surface area contributed by atoms with E-state index in [-0.39, 0.29) is 5.54 Å². The van der Waals surface area contributed by atoms with Gasteiger partial charge in [0.05, 0.1) is 0 Å². The number of nitrogens with zero attached hydrogens (tertiary/aromatic N) is 1. The highest BCUT2D eigenvalue weighted by Gasteiger charge is 2.25. The zero-order valence-corrected chi connectivity index (χ0v) is 8.34. The van der Waals surface area contributed by atoms with Gasteiger partial charge < -0.3 is 4.90 Å². The Labute approximate surface area is 75.3 Å². The fourth-order valence-electron chi connectivity index (χ4n) is 1.36. The third kappa shape index (κ3) is 2.36. The molecule has 1 amide bonds. The second kappa shape index (κ2) is 4.96. The molecule has 0 aliphatic heterocycles.